The Morgan fingerprint density at radius 1 is 1.19 bits per heavy atom. The largest absolute Gasteiger partial charge is 0.329 e. The highest BCUT2D eigenvalue weighted by atomic mass is 32.1. The molecule has 5 heteroatoms. The second kappa shape index (κ2) is 3.53. The van der Waals surface area contributed by atoms with Gasteiger partial charge in [-0.15, -0.1) is 5.10 Å². The maximum absolute atomic E-state index is 5.13. The molecule has 16 heavy (non-hydrogen) atoms. The summed E-state index contributed by atoms with van der Waals surface area (Å²) in [7, 11) is 0. The highest BCUT2D eigenvalue weighted by Crippen LogP contribution is 2.13. The summed E-state index contributed by atoms with van der Waals surface area (Å²) in [4.78, 5) is 6.99. The van der Waals surface area contributed by atoms with Crippen molar-refractivity contribution in [2.45, 2.75) is 0 Å². The number of aromatic nitrogens is 4. The van der Waals surface area contributed by atoms with E-state index in [1.165, 1.54) is 0 Å². The quantitative estimate of drug-likeness (QED) is 0.651. The second-order valence-corrected chi connectivity index (χ2v) is 3.77. The minimum absolute atomic E-state index is 0.566. The van der Waals surface area contributed by atoms with Crippen LogP contribution in [-0.4, -0.2) is 19.7 Å². The molecule has 0 saturated carbocycles. The smallest absolute Gasteiger partial charge is 0.163 e. The molecule has 0 saturated heterocycles. The molecule has 0 unspecified atom stereocenters. The third-order valence-electron chi connectivity index (χ3n) is 2.35. The molecule has 0 bridgehead atoms. The number of benzene rings is 1. The molecule has 0 aliphatic rings. The lowest BCUT2D eigenvalue weighted by Crippen LogP contribution is -1.93. The normalized spacial score (nSPS) is 10.8. The Morgan fingerprint density at radius 2 is 2.00 bits per heavy atom. The molecule has 1 aromatic carbocycles. The SMILES string of the molecule is S=c1nc[nH]c2nn(-c3ccccc3)cc12. The molecule has 0 aliphatic carbocycles. The van der Waals surface area contributed by atoms with Crippen LogP contribution < -0.4 is 0 Å². The Bertz CT molecular complexity index is 684. The molecule has 1 N–H and O–H groups in total. The van der Waals surface area contributed by atoms with Crippen LogP contribution in [0.2, 0.25) is 0 Å². The molecule has 0 aliphatic heterocycles. The molecule has 0 radical (unpaired) electrons. The number of rotatable bonds is 1. The Morgan fingerprint density at radius 3 is 2.75 bits per heavy atom. The predicted molar refractivity (Wildman–Crippen MR) is 64.0 cm³/mol. The lowest BCUT2D eigenvalue weighted by atomic mass is 10.3. The molecule has 3 aromatic rings. The van der Waals surface area contributed by atoms with Crippen molar-refractivity contribution in [3.8, 4) is 5.69 Å². The summed E-state index contributed by atoms with van der Waals surface area (Å²) >= 11 is 5.13. The van der Waals surface area contributed by atoms with Crippen LogP contribution in [0, 0.1) is 4.64 Å². The molecule has 78 valence electrons. The van der Waals surface area contributed by atoms with E-state index in [9.17, 15) is 0 Å². The topological polar surface area (TPSA) is 46.5 Å². The van der Waals surface area contributed by atoms with Crippen LogP contribution in [0.5, 0.6) is 0 Å². The highest BCUT2D eigenvalue weighted by molar-refractivity contribution is 7.71. The van der Waals surface area contributed by atoms with Gasteiger partial charge in [-0.25, -0.2) is 9.67 Å². The Kier molecular flexibility index (Phi) is 2.04. The number of H-pyrrole nitrogens is 1. The average Bonchev–Trinajstić information content (AvgIpc) is 2.76. The number of nitrogens with zero attached hydrogens (tertiary/aromatic N) is 3. The van der Waals surface area contributed by atoms with E-state index in [2.05, 4.69) is 15.1 Å². The first-order valence-electron chi connectivity index (χ1n) is 4.83. The van der Waals surface area contributed by atoms with Crippen molar-refractivity contribution in [1.82, 2.24) is 19.7 Å². The number of para-hydroxylation sites is 1. The third-order valence-corrected chi connectivity index (χ3v) is 2.67. The fourth-order valence-corrected chi connectivity index (χ4v) is 1.77. The van der Waals surface area contributed by atoms with Gasteiger partial charge in [0.2, 0.25) is 0 Å². The van der Waals surface area contributed by atoms with Crippen molar-refractivity contribution >= 4 is 23.3 Å². The zero-order valence-corrected chi connectivity index (χ0v) is 9.11. The molecule has 2 aromatic heterocycles. The highest BCUT2D eigenvalue weighted by Gasteiger charge is 2.03. The van der Waals surface area contributed by atoms with E-state index in [0.29, 0.717) is 4.64 Å². The van der Waals surface area contributed by atoms with E-state index < -0.39 is 0 Å². The summed E-state index contributed by atoms with van der Waals surface area (Å²) in [6.45, 7) is 0. The van der Waals surface area contributed by atoms with Crippen LogP contribution in [0.3, 0.4) is 0 Å². The summed E-state index contributed by atoms with van der Waals surface area (Å²) in [5.74, 6) is 0. The zero-order valence-electron chi connectivity index (χ0n) is 8.29. The molecule has 4 nitrogen and oxygen atoms in total. The number of nitrogens with one attached hydrogen (secondary N) is 1. The van der Waals surface area contributed by atoms with E-state index >= 15 is 0 Å². The van der Waals surface area contributed by atoms with Crippen LogP contribution in [0.25, 0.3) is 16.7 Å². The van der Waals surface area contributed by atoms with E-state index in [-0.39, 0.29) is 0 Å². The summed E-state index contributed by atoms with van der Waals surface area (Å²) in [5, 5.41) is 5.26. The van der Waals surface area contributed by atoms with Crippen LogP contribution in [-0.2, 0) is 0 Å². The number of hydrogen-bond donors (Lipinski definition) is 1. The summed E-state index contributed by atoms with van der Waals surface area (Å²) in [6, 6.07) is 9.89. The van der Waals surface area contributed by atoms with Crippen molar-refractivity contribution in [2.24, 2.45) is 0 Å². The van der Waals surface area contributed by atoms with Gasteiger partial charge in [-0.3, -0.25) is 0 Å². The van der Waals surface area contributed by atoms with Gasteiger partial charge in [-0.2, -0.15) is 0 Å². The Labute approximate surface area is 96.6 Å². The van der Waals surface area contributed by atoms with Gasteiger partial charge in [0.05, 0.1) is 17.4 Å². The second-order valence-electron chi connectivity index (χ2n) is 3.38. The minimum Gasteiger partial charge on any atom is -0.329 e. The molecular weight excluding hydrogens is 220 g/mol. The van der Waals surface area contributed by atoms with Crippen LogP contribution in [0.4, 0.5) is 0 Å². The van der Waals surface area contributed by atoms with Gasteiger partial charge in [0.25, 0.3) is 0 Å². The van der Waals surface area contributed by atoms with Crippen LogP contribution >= 0.6 is 12.2 Å². The van der Waals surface area contributed by atoms with Gasteiger partial charge in [-0.05, 0) is 12.1 Å². The Balaban J connectivity index is 2.28. The lowest BCUT2D eigenvalue weighted by Gasteiger charge is -1.97. The monoisotopic (exact) mass is 228 g/mol. The van der Waals surface area contributed by atoms with Crippen molar-refractivity contribution in [3.63, 3.8) is 0 Å². The van der Waals surface area contributed by atoms with Gasteiger partial charge in [0, 0.05) is 6.20 Å². The number of hydrogen-bond acceptors (Lipinski definition) is 3. The standard InChI is InChI=1S/C11H8N4S/c16-11-9-6-15(8-4-2-1-3-5-8)14-10(9)12-7-13-11/h1-7H,(H,12,13,14,16). The predicted octanol–water partition coefficient (Wildman–Crippen LogP) is 2.48. The maximum Gasteiger partial charge on any atom is 0.163 e. The van der Waals surface area contributed by atoms with Gasteiger partial charge >= 0.3 is 0 Å². The van der Waals surface area contributed by atoms with Crippen molar-refractivity contribution in [3.05, 3.63) is 47.5 Å². The van der Waals surface area contributed by atoms with Gasteiger partial charge in [0.15, 0.2) is 5.65 Å². The van der Waals surface area contributed by atoms with Crippen molar-refractivity contribution < 1.29 is 0 Å². The van der Waals surface area contributed by atoms with E-state index in [1.54, 1.807) is 11.0 Å². The van der Waals surface area contributed by atoms with E-state index in [1.807, 2.05) is 36.5 Å². The summed E-state index contributed by atoms with van der Waals surface area (Å²) in [5.41, 5.74) is 1.75. The molecular formula is C11H8N4S. The van der Waals surface area contributed by atoms with Gasteiger partial charge in [0.1, 0.15) is 4.64 Å². The summed E-state index contributed by atoms with van der Waals surface area (Å²) < 4.78 is 2.36. The van der Waals surface area contributed by atoms with Crippen LogP contribution in [0.1, 0.15) is 0 Å². The zero-order chi connectivity index (χ0) is 11.0. The first kappa shape index (κ1) is 9.23. The van der Waals surface area contributed by atoms with E-state index in [4.69, 9.17) is 12.2 Å². The Hall–Kier alpha value is -2.01. The maximum atomic E-state index is 5.13. The molecule has 0 fully saturated rings. The first-order chi connectivity index (χ1) is 7.84. The lowest BCUT2D eigenvalue weighted by molar-refractivity contribution is 0.889. The molecule has 0 spiro atoms. The van der Waals surface area contributed by atoms with Crippen molar-refractivity contribution in [1.29, 1.82) is 0 Å². The molecule has 3 rings (SSSR count). The number of fused-ring (bicyclic) bond motifs is 1. The average molecular weight is 228 g/mol. The first-order valence-corrected chi connectivity index (χ1v) is 5.24. The third kappa shape index (κ3) is 1.42. The molecule has 0 atom stereocenters. The van der Waals surface area contributed by atoms with Crippen molar-refractivity contribution in [2.75, 3.05) is 0 Å². The molecule has 2 heterocycles. The van der Waals surface area contributed by atoms with E-state index in [0.717, 1.165) is 16.7 Å². The fraction of sp³-hybridized carbons (Fsp3) is 0. The minimum atomic E-state index is 0.566. The number of aromatic amines is 1. The summed E-state index contributed by atoms with van der Waals surface area (Å²) in [6.07, 6.45) is 3.45. The van der Waals surface area contributed by atoms with Gasteiger partial charge < -0.3 is 4.98 Å². The fourth-order valence-electron chi connectivity index (χ4n) is 1.57. The van der Waals surface area contributed by atoms with Crippen LogP contribution in [0.15, 0.2) is 42.9 Å². The molecule has 0 amide bonds. The van der Waals surface area contributed by atoms with Gasteiger partial charge in [-0.1, -0.05) is 30.4 Å².